The predicted octanol–water partition coefficient (Wildman–Crippen LogP) is 7.87. The van der Waals surface area contributed by atoms with E-state index in [9.17, 15) is 4.79 Å². The number of anilines is 2. The van der Waals surface area contributed by atoms with Gasteiger partial charge in [0.25, 0.3) is 0 Å². The van der Waals surface area contributed by atoms with Gasteiger partial charge in [0.2, 0.25) is 0 Å². The molecule has 4 nitrogen and oxygen atoms in total. The molecule has 37 heavy (non-hydrogen) atoms. The Morgan fingerprint density at radius 3 is 2.68 bits per heavy atom. The third-order valence-electron chi connectivity index (χ3n) is 7.28. The fraction of sp³-hybridized carbons (Fsp3) is 0.281. The number of para-hydroxylation sites is 2. The van der Waals surface area contributed by atoms with Crippen LogP contribution in [0.5, 0.6) is 5.75 Å². The van der Waals surface area contributed by atoms with E-state index in [0.29, 0.717) is 24.6 Å². The molecule has 1 heterocycles. The molecule has 1 aliphatic heterocycles. The van der Waals surface area contributed by atoms with Gasteiger partial charge in [-0.15, -0.1) is 0 Å². The zero-order chi connectivity index (χ0) is 25.8. The first-order valence-corrected chi connectivity index (χ1v) is 13.0. The van der Waals surface area contributed by atoms with Crippen molar-refractivity contribution in [3.63, 3.8) is 0 Å². The van der Waals surface area contributed by atoms with Crippen LogP contribution in [0, 0.1) is 5.82 Å². The number of benzene rings is 4. The summed E-state index contributed by atoms with van der Waals surface area (Å²) in [6, 6.07) is 27.6. The zero-order valence-corrected chi connectivity index (χ0v) is 21.1. The number of nitrogens with zero attached hydrogens (tertiary/aromatic N) is 1. The molecule has 0 saturated carbocycles. The van der Waals surface area contributed by atoms with Crippen molar-refractivity contribution in [2.45, 2.75) is 51.0 Å². The average Bonchev–Trinajstić information content (AvgIpc) is 2.91. The Morgan fingerprint density at radius 1 is 1.03 bits per heavy atom. The Balaban J connectivity index is 1.31. The first-order chi connectivity index (χ1) is 18.0. The first kappa shape index (κ1) is 24.8. The summed E-state index contributed by atoms with van der Waals surface area (Å²) in [6.07, 6.45) is 3.20. The van der Waals surface area contributed by atoms with Gasteiger partial charge in [-0.2, -0.15) is 0 Å². The minimum absolute atomic E-state index is 0.0162. The lowest BCUT2D eigenvalue weighted by Gasteiger charge is -2.37. The highest BCUT2D eigenvalue weighted by atomic mass is 19.1. The maximum atomic E-state index is 15.0. The van der Waals surface area contributed by atoms with E-state index in [1.165, 1.54) is 22.4 Å². The number of carbonyl (C=O) groups is 1. The summed E-state index contributed by atoms with van der Waals surface area (Å²) in [7, 11) is 0. The summed E-state index contributed by atoms with van der Waals surface area (Å²) in [4.78, 5) is 13.0. The van der Waals surface area contributed by atoms with Crippen molar-refractivity contribution in [1.29, 1.82) is 0 Å². The first-order valence-electron chi connectivity index (χ1n) is 13.0. The van der Waals surface area contributed by atoms with Gasteiger partial charge in [0.05, 0.1) is 17.9 Å². The molecule has 0 aliphatic carbocycles. The molecule has 0 bridgehead atoms. The van der Waals surface area contributed by atoms with E-state index < -0.39 is 5.97 Å². The van der Waals surface area contributed by atoms with E-state index in [4.69, 9.17) is 9.84 Å². The van der Waals surface area contributed by atoms with Gasteiger partial charge in [-0.1, -0.05) is 67.6 Å². The molecule has 4 aromatic carbocycles. The molecule has 0 spiro atoms. The van der Waals surface area contributed by atoms with Crippen molar-refractivity contribution in [2.24, 2.45) is 0 Å². The van der Waals surface area contributed by atoms with Crippen molar-refractivity contribution < 1.29 is 19.0 Å². The lowest BCUT2D eigenvalue weighted by molar-refractivity contribution is -0.136. The number of rotatable bonds is 9. The average molecular weight is 498 g/mol. The Labute approximate surface area is 217 Å². The number of fused-ring (bicyclic) bond motifs is 2. The number of hydrogen-bond acceptors (Lipinski definition) is 3. The lowest BCUT2D eigenvalue weighted by Crippen LogP contribution is -2.37. The molecule has 2 atom stereocenters. The van der Waals surface area contributed by atoms with E-state index in [-0.39, 0.29) is 18.3 Å². The van der Waals surface area contributed by atoms with Gasteiger partial charge in [0.15, 0.2) is 0 Å². The van der Waals surface area contributed by atoms with E-state index >= 15 is 4.39 Å². The van der Waals surface area contributed by atoms with E-state index in [1.54, 1.807) is 12.1 Å². The maximum Gasteiger partial charge on any atom is 0.303 e. The van der Waals surface area contributed by atoms with Crippen LogP contribution in [0.4, 0.5) is 15.8 Å². The normalized spacial score (nSPS) is 15.7. The Kier molecular flexibility index (Phi) is 7.40. The maximum absolute atomic E-state index is 15.0. The number of aliphatic carboxylic acids is 1. The topological polar surface area (TPSA) is 49.8 Å². The third kappa shape index (κ3) is 5.61. The van der Waals surface area contributed by atoms with Gasteiger partial charge in [0.1, 0.15) is 17.7 Å². The molecule has 0 fully saturated rings. The Hall–Kier alpha value is -3.86. The van der Waals surface area contributed by atoms with Gasteiger partial charge >= 0.3 is 5.97 Å². The monoisotopic (exact) mass is 497 g/mol. The molecule has 5 rings (SSSR count). The van der Waals surface area contributed by atoms with E-state index in [2.05, 4.69) is 49.4 Å². The highest BCUT2D eigenvalue weighted by Gasteiger charge is 2.28. The molecule has 1 unspecified atom stereocenters. The van der Waals surface area contributed by atoms with Crippen LogP contribution in [0.3, 0.4) is 0 Å². The third-order valence-corrected chi connectivity index (χ3v) is 7.28. The lowest BCUT2D eigenvalue weighted by atomic mass is 9.90. The summed E-state index contributed by atoms with van der Waals surface area (Å²) in [6.45, 7) is 2.82. The van der Waals surface area contributed by atoms with Crippen LogP contribution in [-0.2, 0) is 11.2 Å². The minimum atomic E-state index is -0.861. The Morgan fingerprint density at radius 2 is 1.81 bits per heavy atom. The van der Waals surface area contributed by atoms with Crippen molar-refractivity contribution >= 4 is 28.1 Å². The van der Waals surface area contributed by atoms with Crippen LogP contribution >= 0.6 is 0 Å². The number of carboxylic acids is 1. The van der Waals surface area contributed by atoms with Crippen molar-refractivity contribution in [1.82, 2.24) is 0 Å². The summed E-state index contributed by atoms with van der Waals surface area (Å²) >= 11 is 0. The van der Waals surface area contributed by atoms with Crippen LogP contribution in [-0.4, -0.2) is 23.7 Å². The molecule has 0 radical (unpaired) electrons. The number of aryl methyl sites for hydroxylation is 1. The number of halogens is 1. The summed E-state index contributed by atoms with van der Waals surface area (Å²) in [5.74, 6) is -0.0166. The highest BCUT2D eigenvalue weighted by molar-refractivity contribution is 5.86. The second-order valence-electron chi connectivity index (χ2n) is 9.90. The van der Waals surface area contributed by atoms with Gasteiger partial charge in [-0.3, -0.25) is 4.79 Å². The molecular formula is C32H32FNO3. The smallest absolute Gasteiger partial charge is 0.303 e. The number of hydrogen-bond donors (Lipinski definition) is 1. The van der Waals surface area contributed by atoms with E-state index in [0.717, 1.165) is 36.3 Å². The number of carboxylic acid groups (broad SMARTS) is 1. The number of ether oxygens (including phenoxy) is 1. The highest BCUT2D eigenvalue weighted by Crippen LogP contribution is 2.40. The van der Waals surface area contributed by atoms with Gasteiger partial charge in [-0.25, -0.2) is 4.39 Å². The van der Waals surface area contributed by atoms with Crippen molar-refractivity contribution in [2.75, 3.05) is 11.4 Å². The standard InChI is InChI=1S/C32H32FNO3/c1-22(26-13-7-10-24-9-2-3-12-27(24)26)8-6-11-25-21-34(29-14-4-5-15-31(29)37-25)30-20-23(16-18-28(30)33)17-19-32(35)36/h2-5,7,9-10,12-16,18,20,22,25H,6,8,11,17,19,21H2,1H3,(H,35,36)/t22-,25?/m0/s1. The van der Waals surface area contributed by atoms with Crippen LogP contribution in [0.15, 0.2) is 84.9 Å². The quantitative estimate of drug-likeness (QED) is 0.256. The van der Waals surface area contributed by atoms with Crippen LogP contribution in [0.1, 0.15) is 49.7 Å². The van der Waals surface area contributed by atoms with Crippen LogP contribution in [0.2, 0.25) is 0 Å². The van der Waals surface area contributed by atoms with E-state index in [1.807, 2.05) is 29.2 Å². The molecule has 1 aliphatic rings. The molecule has 0 aromatic heterocycles. The second-order valence-corrected chi connectivity index (χ2v) is 9.90. The molecule has 5 heteroatoms. The predicted molar refractivity (Wildman–Crippen MR) is 146 cm³/mol. The molecular weight excluding hydrogens is 465 g/mol. The summed E-state index contributed by atoms with van der Waals surface area (Å²) in [5, 5.41) is 11.6. The summed E-state index contributed by atoms with van der Waals surface area (Å²) < 4.78 is 21.4. The van der Waals surface area contributed by atoms with Crippen molar-refractivity contribution in [3.05, 3.63) is 102 Å². The Bertz CT molecular complexity index is 1400. The molecule has 0 saturated heterocycles. The molecule has 0 amide bonds. The molecule has 190 valence electrons. The second kappa shape index (κ2) is 11.0. The SMILES string of the molecule is C[C@@H](CCCC1CN(c2cc(CCC(=O)O)ccc2F)c2ccccc2O1)c1cccc2ccccc12. The largest absolute Gasteiger partial charge is 0.486 e. The molecule has 1 N–H and O–H groups in total. The van der Waals surface area contributed by atoms with Gasteiger partial charge in [0, 0.05) is 6.42 Å². The fourth-order valence-electron chi connectivity index (χ4n) is 5.34. The van der Waals surface area contributed by atoms with Crippen molar-refractivity contribution in [3.8, 4) is 5.75 Å². The van der Waals surface area contributed by atoms with Gasteiger partial charge in [-0.05, 0) is 77.8 Å². The summed E-state index contributed by atoms with van der Waals surface area (Å²) in [5.41, 5.74) is 3.48. The van der Waals surface area contributed by atoms with Crippen LogP contribution < -0.4 is 9.64 Å². The zero-order valence-electron chi connectivity index (χ0n) is 21.1. The van der Waals surface area contributed by atoms with Crippen LogP contribution in [0.25, 0.3) is 10.8 Å². The fourth-order valence-corrected chi connectivity index (χ4v) is 5.34. The minimum Gasteiger partial charge on any atom is -0.486 e. The molecule has 4 aromatic rings. The van der Waals surface area contributed by atoms with Gasteiger partial charge < -0.3 is 14.7 Å².